The molecule has 1 aromatic heterocycles. The molecule has 1 unspecified atom stereocenters. The van der Waals surface area contributed by atoms with Gasteiger partial charge in [-0.25, -0.2) is 0 Å². The largest absolute Gasteiger partial charge is 0.143 e. The number of thiophene rings is 1. The third-order valence-corrected chi connectivity index (χ3v) is 5.77. The summed E-state index contributed by atoms with van der Waals surface area (Å²) in [5.74, 6) is 0. The minimum atomic E-state index is -0.0516. The molecular weight excluding hydrogens is 316 g/mol. The highest BCUT2D eigenvalue weighted by Gasteiger charge is 2.15. The summed E-state index contributed by atoms with van der Waals surface area (Å²) in [6.07, 6.45) is 0. The van der Waals surface area contributed by atoms with Crippen LogP contribution in [0, 0.1) is 20.8 Å². The summed E-state index contributed by atoms with van der Waals surface area (Å²) < 4.78 is 1.15. The summed E-state index contributed by atoms with van der Waals surface area (Å²) in [7, 11) is 0. The number of hydrogen-bond acceptors (Lipinski definition) is 1. The fourth-order valence-corrected chi connectivity index (χ4v) is 3.59. The van der Waals surface area contributed by atoms with Crippen molar-refractivity contribution in [2.45, 2.75) is 26.1 Å². The molecule has 0 aliphatic rings. The van der Waals surface area contributed by atoms with Gasteiger partial charge in [-0.15, -0.1) is 22.9 Å². The molecule has 0 bridgehead atoms. The molecule has 0 N–H and O–H groups in total. The van der Waals surface area contributed by atoms with Gasteiger partial charge in [0.1, 0.15) is 0 Å². The standard InChI is InChI=1S/C14H14BrClS/c1-8-4-5-11(6-9(8)2)14(16)13-7-12(15)10(3)17-13/h4-7,14H,1-3H3. The second-order valence-corrected chi connectivity index (χ2v) is 6.84. The number of rotatable bonds is 2. The van der Waals surface area contributed by atoms with Gasteiger partial charge in [0.2, 0.25) is 0 Å². The minimum Gasteiger partial charge on any atom is -0.143 e. The van der Waals surface area contributed by atoms with Crippen molar-refractivity contribution in [3.8, 4) is 0 Å². The lowest BCUT2D eigenvalue weighted by atomic mass is 10.0. The van der Waals surface area contributed by atoms with E-state index in [2.05, 4.69) is 61.0 Å². The fourth-order valence-electron chi connectivity index (χ4n) is 1.69. The third kappa shape index (κ3) is 2.75. The summed E-state index contributed by atoms with van der Waals surface area (Å²) in [5.41, 5.74) is 3.77. The van der Waals surface area contributed by atoms with Crippen LogP contribution in [0.4, 0.5) is 0 Å². The quantitative estimate of drug-likeness (QED) is 0.614. The van der Waals surface area contributed by atoms with Crippen molar-refractivity contribution in [2.24, 2.45) is 0 Å². The molecule has 90 valence electrons. The van der Waals surface area contributed by atoms with E-state index >= 15 is 0 Å². The first-order valence-corrected chi connectivity index (χ1v) is 7.50. The van der Waals surface area contributed by atoms with Gasteiger partial charge in [-0.05, 0) is 59.5 Å². The average Bonchev–Trinajstić information content (AvgIpc) is 2.62. The summed E-state index contributed by atoms with van der Waals surface area (Å²) in [6.45, 7) is 6.34. The molecule has 0 saturated carbocycles. The average molecular weight is 330 g/mol. The first kappa shape index (κ1) is 13.1. The van der Waals surface area contributed by atoms with E-state index in [1.165, 1.54) is 26.4 Å². The predicted molar refractivity (Wildman–Crippen MR) is 80.4 cm³/mol. The second kappa shape index (κ2) is 5.13. The Labute approximate surface area is 120 Å². The van der Waals surface area contributed by atoms with Crippen LogP contribution >= 0.6 is 38.9 Å². The van der Waals surface area contributed by atoms with Gasteiger partial charge in [-0.2, -0.15) is 0 Å². The van der Waals surface area contributed by atoms with E-state index in [0.29, 0.717) is 0 Å². The van der Waals surface area contributed by atoms with Gasteiger partial charge in [0.15, 0.2) is 0 Å². The zero-order valence-corrected chi connectivity index (χ0v) is 13.2. The van der Waals surface area contributed by atoms with Gasteiger partial charge in [0, 0.05) is 14.2 Å². The van der Waals surface area contributed by atoms with Crippen molar-refractivity contribution >= 4 is 38.9 Å². The van der Waals surface area contributed by atoms with E-state index in [9.17, 15) is 0 Å². The highest BCUT2D eigenvalue weighted by molar-refractivity contribution is 9.10. The molecule has 17 heavy (non-hydrogen) atoms. The number of aryl methyl sites for hydroxylation is 3. The second-order valence-electron chi connectivity index (χ2n) is 4.26. The third-order valence-electron chi connectivity index (χ3n) is 2.95. The Bertz CT molecular complexity index is 526. The van der Waals surface area contributed by atoms with E-state index in [1.807, 2.05) is 0 Å². The van der Waals surface area contributed by atoms with Crippen LogP contribution < -0.4 is 0 Å². The Hall–Kier alpha value is -0.310. The molecule has 0 saturated heterocycles. The summed E-state index contributed by atoms with van der Waals surface area (Å²) in [5, 5.41) is -0.0516. The van der Waals surface area contributed by atoms with E-state index in [1.54, 1.807) is 11.3 Å². The van der Waals surface area contributed by atoms with E-state index in [4.69, 9.17) is 11.6 Å². The normalized spacial score (nSPS) is 12.8. The Morgan fingerprint density at radius 3 is 2.35 bits per heavy atom. The molecule has 0 aliphatic carbocycles. The topological polar surface area (TPSA) is 0 Å². The van der Waals surface area contributed by atoms with Gasteiger partial charge in [0.05, 0.1) is 5.38 Å². The van der Waals surface area contributed by atoms with Gasteiger partial charge in [-0.1, -0.05) is 18.2 Å². The molecule has 0 radical (unpaired) electrons. The number of benzene rings is 1. The number of halogens is 2. The zero-order valence-electron chi connectivity index (χ0n) is 10.1. The molecular formula is C14H14BrClS. The molecule has 3 heteroatoms. The van der Waals surface area contributed by atoms with Crippen LogP contribution in [0.2, 0.25) is 0 Å². The van der Waals surface area contributed by atoms with E-state index < -0.39 is 0 Å². The molecule has 1 atom stereocenters. The fraction of sp³-hybridized carbons (Fsp3) is 0.286. The molecule has 1 heterocycles. The predicted octanol–water partition coefficient (Wildman–Crippen LogP) is 5.76. The van der Waals surface area contributed by atoms with Gasteiger partial charge >= 0.3 is 0 Å². The highest BCUT2D eigenvalue weighted by Crippen LogP contribution is 2.37. The molecule has 0 nitrogen and oxygen atoms in total. The van der Waals surface area contributed by atoms with E-state index in [0.717, 1.165) is 4.47 Å². The molecule has 0 aliphatic heterocycles. The van der Waals surface area contributed by atoms with Gasteiger partial charge in [0.25, 0.3) is 0 Å². The molecule has 2 rings (SSSR count). The van der Waals surface area contributed by atoms with Crippen LogP contribution in [0.25, 0.3) is 0 Å². The lowest BCUT2D eigenvalue weighted by molar-refractivity contribution is 1.16. The molecule has 0 amide bonds. The lowest BCUT2D eigenvalue weighted by Gasteiger charge is -2.10. The highest BCUT2D eigenvalue weighted by atomic mass is 79.9. The maximum absolute atomic E-state index is 6.53. The van der Waals surface area contributed by atoms with Crippen LogP contribution in [0.3, 0.4) is 0 Å². The summed E-state index contributed by atoms with van der Waals surface area (Å²) in [6, 6.07) is 8.54. The first-order valence-electron chi connectivity index (χ1n) is 5.46. The van der Waals surface area contributed by atoms with Crippen molar-refractivity contribution in [1.82, 2.24) is 0 Å². The van der Waals surface area contributed by atoms with Crippen molar-refractivity contribution in [3.63, 3.8) is 0 Å². The SMILES string of the molecule is Cc1ccc(C(Cl)c2cc(Br)c(C)s2)cc1C. The Morgan fingerprint density at radius 1 is 1.12 bits per heavy atom. The monoisotopic (exact) mass is 328 g/mol. The summed E-state index contributed by atoms with van der Waals surface area (Å²) >= 11 is 11.8. The minimum absolute atomic E-state index is 0.0516. The van der Waals surface area contributed by atoms with Crippen molar-refractivity contribution in [1.29, 1.82) is 0 Å². The van der Waals surface area contributed by atoms with Crippen molar-refractivity contribution in [2.75, 3.05) is 0 Å². The number of hydrogen-bond donors (Lipinski definition) is 0. The molecule has 0 fully saturated rings. The molecule has 2 aromatic rings. The van der Waals surface area contributed by atoms with Crippen LogP contribution in [-0.4, -0.2) is 0 Å². The smallest absolute Gasteiger partial charge is 0.0928 e. The zero-order chi connectivity index (χ0) is 12.6. The summed E-state index contributed by atoms with van der Waals surface area (Å²) in [4.78, 5) is 2.47. The van der Waals surface area contributed by atoms with Crippen LogP contribution in [0.5, 0.6) is 0 Å². The maximum Gasteiger partial charge on any atom is 0.0928 e. The molecule has 0 spiro atoms. The van der Waals surface area contributed by atoms with Crippen LogP contribution in [0.15, 0.2) is 28.7 Å². The van der Waals surface area contributed by atoms with Crippen LogP contribution in [-0.2, 0) is 0 Å². The van der Waals surface area contributed by atoms with Crippen molar-refractivity contribution < 1.29 is 0 Å². The Kier molecular flexibility index (Phi) is 3.96. The van der Waals surface area contributed by atoms with Crippen LogP contribution in [0.1, 0.15) is 31.8 Å². The maximum atomic E-state index is 6.53. The van der Waals surface area contributed by atoms with E-state index in [-0.39, 0.29) is 5.38 Å². The Morgan fingerprint density at radius 2 is 1.82 bits per heavy atom. The Balaban J connectivity index is 2.36. The first-order chi connectivity index (χ1) is 7.99. The lowest BCUT2D eigenvalue weighted by Crippen LogP contribution is -1.92. The number of alkyl halides is 1. The van der Waals surface area contributed by atoms with Gasteiger partial charge < -0.3 is 0 Å². The molecule has 1 aromatic carbocycles. The van der Waals surface area contributed by atoms with Crippen molar-refractivity contribution in [3.05, 3.63) is 55.2 Å². The van der Waals surface area contributed by atoms with Gasteiger partial charge in [-0.3, -0.25) is 0 Å².